The maximum atomic E-state index is 14.4. The molecule has 2 N–H and O–H groups in total. The first kappa shape index (κ1) is 24.2. The van der Waals surface area contributed by atoms with Crippen molar-refractivity contribution in [2.24, 2.45) is 5.92 Å². The van der Waals surface area contributed by atoms with Crippen molar-refractivity contribution in [1.29, 1.82) is 0 Å². The number of benzene rings is 1. The molecule has 1 fully saturated rings. The van der Waals surface area contributed by atoms with Crippen LogP contribution in [0.25, 0.3) is 0 Å². The van der Waals surface area contributed by atoms with Crippen molar-refractivity contribution in [3.8, 4) is 5.75 Å². The molecule has 1 aliphatic rings. The van der Waals surface area contributed by atoms with Gasteiger partial charge in [-0.3, -0.25) is 4.79 Å². The van der Waals surface area contributed by atoms with Gasteiger partial charge in [-0.15, -0.1) is 0 Å². The van der Waals surface area contributed by atoms with E-state index < -0.39 is 58.6 Å². The largest absolute Gasteiger partial charge is 0.493 e. The summed E-state index contributed by atoms with van der Waals surface area (Å²) in [5, 5.41) is 9.83. The summed E-state index contributed by atoms with van der Waals surface area (Å²) in [4.78, 5) is 15.4. The van der Waals surface area contributed by atoms with E-state index in [0.717, 1.165) is 32.2 Å². The summed E-state index contributed by atoms with van der Waals surface area (Å²) in [6.07, 6.45) is -7.25. The average Bonchev–Trinajstić information content (AvgIpc) is 2.95. The SMILES string of the molecule is COc1c([C@H]2[C@H](c3cc(=O)c(C(C)O)c(C)[nH]3)O[C@@](C)(C(F)(F)F)[C@H]2C)ccc(F)c1F. The molecule has 1 aromatic heterocycles. The molecule has 3 rings (SSSR count). The molecule has 176 valence electrons. The van der Waals surface area contributed by atoms with Crippen LogP contribution in [-0.2, 0) is 4.74 Å². The highest BCUT2D eigenvalue weighted by Gasteiger charge is 2.65. The number of alkyl halides is 3. The topological polar surface area (TPSA) is 71.5 Å². The molecule has 5 atom stereocenters. The fourth-order valence-corrected chi connectivity index (χ4v) is 4.48. The summed E-state index contributed by atoms with van der Waals surface area (Å²) < 4.78 is 80.8. The summed E-state index contributed by atoms with van der Waals surface area (Å²) in [5.41, 5.74) is -2.90. The number of aliphatic hydroxyl groups excluding tert-OH is 1. The Labute approximate surface area is 181 Å². The first-order valence-corrected chi connectivity index (χ1v) is 9.92. The molecule has 0 radical (unpaired) electrons. The second-order valence-electron chi connectivity index (χ2n) is 8.25. The minimum Gasteiger partial charge on any atom is -0.493 e. The van der Waals surface area contributed by atoms with Gasteiger partial charge in [0.05, 0.1) is 13.2 Å². The maximum Gasteiger partial charge on any atom is 0.417 e. The molecule has 2 heterocycles. The molecule has 1 aliphatic heterocycles. The lowest BCUT2D eigenvalue weighted by Gasteiger charge is -2.32. The predicted octanol–water partition coefficient (Wildman–Crippen LogP) is 4.84. The van der Waals surface area contributed by atoms with Gasteiger partial charge < -0.3 is 19.6 Å². The minimum absolute atomic E-state index is 0.0185. The molecule has 0 bridgehead atoms. The van der Waals surface area contributed by atoms with Crippen LogP contribution < -0.4 is 10.2 Å². The zero-order chi connectivity index (χ0) is 24.2. The number of rotatable bonds is 4. The highest BCUT2D eigenvalue weighted by molar-refractivity contribution is 5.42. The minimum atomic E-state index is -4.79. The van der Waals surface area contributed by atoms with Crippen molar-refractivity contribution < 1.29 is 36.5 Å². The molecule has 10 heteroatoms. The maximum absolute atomic E-state index is 14.4. The van der Waals surface area contributed by atoms with Crippen molar-refractivity contribution in [3.63, 3.8) is 0 Å². The van der Waals surface area contributed by atoms with E-state index in [9.17, 15) is 31.9 Å². The third-order valence-electron chi connectivity index (χ3n) is 6.32. The highest BCUT2D eigenvalue weighted by Crippen LogP contribution is 2.59. The van der Waals surface area contributed by atoms with E-state index in [-0.39, 0.29) is 22.5 Å². The number of aryl methyl sites for hydroxylation is 1. The molecule has 2 aromatic rings. The number of aliphatic hydroxyl groups is 1. The quantitative estimate of drug-likeness (QED) is 0.640. The molecule has 0 amide bonds. The molecule has 1 aromatic carbocycles. The summed E-state index contributed by atoms with van der Waals surface area (Å²) in [6.45, 7) is 5.07. The fraction of sp³-hybridized carbons (Fsp3) is 0.500. The van der Waals surface area contributed by atoms with Crippen LogP contribution in [0, 0.1) is 24.5 Å². The van der Waals surface area contributed by atoms with E-state index in [0.29, 0.717) is 0 Å². The van der Waals surface area contributed by atoms with Gasteiger partial charge in [0.2, 0.25) is 5.82 Å². The van der Waals surface area contributed by atoms with Crippen molar-refractivity contribution in [2.45, 2.75) is 57.6 Å². The number of pyridine rings is 1. The van der Waals surface area contributed by atoms with Crippen molar-refractivity contribution in [2.75, 3.05) is 7.11 Å². The van der Waals surface area contributed by atoms with Gasteiger partial charge in [-0.05, 0) is 26.8 Å². The molecular weight excluding hydrogens is 437 g/mol. The Kier molecular flexibility index (Phi) is 6.16. The van der Waals surface area contributed by atoms with Gasteiger partial charge in [0.25, 0.3) is 0 Å². The van der Waals surface area contributed by atoms with Crippen molar-refractivity contribution in [3.05, 3.63) is 62.6 Å². The Morgan fingerprint density at radius 3 is 2.41 bits per heavy atom. The van der Waals surface area contributed by atoms with E-state index in [1.165, 1.54) is 20.8 Å². The van der Waals surface area contributed by atoms with Gasteiger partial charge in [0.1, 0.15) is 6.10 Å². The normalized spacial score (nSPS) is 26.9. The Morgan fingerprint density at radius 1 is 1.28 bits per heavy atom. The summed E-state index contributed by atoms with van der Waals surface area (Å²) in [7, 11) is 1.09. The van der Waals surface area contributed by atoms with Crippen LogP contribution in [0.1, 0.15) is 61.4 Å². The number of H-pyrrole nitrogens is 1. The number of aromatic nitrogens is 1. The molecule has 5 nitrogen and oxygen atoms in total. The molecule has 0 spiro atoms. The van der Waals surface area contributed by atoms with E-state index in [2.05, 4.69) is 4.98 Å². The van der Waals surface area contributed by atoms with Crippen LogP contribution in [0.2, 0.25) is 0 Å². The lowest BCUT2D eigenvalue weighted by Crippen LogP contribution is -2.46. The zero-order valence-corrected chi connectivity index (χ0v) is 18.1. The Morgan fingerprint density at radius 2 is 1.91 bits per heavy atom. The number of hydrogen-bond donors (Lipinski definition) is 2. The second-order valence-corrected chi connectivity index (χ2v) is 8.25. The summed E-state index contributed by atoms with van der Waals surface area (Å²) in [6, 6.07) is 3.03. The fourth-order valence-electron chi connectivity index (χ4n) is 4.48. The third kappa shape index (κ3) is 3.69. The molecule has 0 aliphatic carbocycles. The van der Waals surface area contributed by atoms with Gasteiger partial charge in [0, 0.05) is 40.4 Å². The molecular formula is C22H24F5NO4. The van der Waals surface area contributed by atoms with Gasteiger partial charge in [-0.1, -0.05) is 13.0 Å². The van der Waals surface area contributed by atoms with E-state index in [1.54, 1.807) is 0 Å². The number of nitrogens with one attached hydrogen (secondary N) is 1. The summed E-state index contributed by atoms with van der Waals surface area (Å²) >= 11 is 0. The van der Waals surface area contributed by atoms with Crippen LogP contribution in [0.15, 0.2) is 23.0 Å². The van der Waals surface area contributed by atoms with Gasteiger partial charge in [-0.2, -0.15) is 17.6 Å². The van der Waals surface area contributed by atoms with Crippen molar-refractivity contribution >= 4 is 0 Å². The summed E-state index contributed by atoms with van der Waals surface area (Å²) in [5.74, 6) is -5.46. The van der Waals surface area contributed by atoms with Crippen molar-refractivity contribution in [1.82, 2.24) is 4.98 Å². The number of hydrogen-bond acceptors (Lipinski definition) is 4. The van der Waals surface area contributed by atoms with Gasteiger partial charge in [0.15, 0.2) is 22.6 Å². The standard InChI is InChI=1S/C22H24F5NO4/c1-9-16(12-6-7-13(23)18(24)19(12)31-5)20(32-21(9,4)22(25,26)27)14-8-15(30)17(11(3)29)10(2)28-14/h6-9,11,16,20,29H,1-5H3,(H,28,30)/t9-,11?,16-,20-,21+/m0/s1. The predicted molar refractivity (Wildman–Crippen MR) is 106 cm³/mol. The highest BCUT2D eigenvalue weighted by atomic mass is 19.4. The lowest BCUT2D eigenvalue weighted by atomic mass is 9.76. The monoisotopic (exact) mass is 461 g/mol. The van der Waals surface area contributed by atoms with Crippen LogP contribution in [0.3, 0.4) is 0 Å². The Bertz CT molecular complexity index is 1080. The second kappa shape index (κ2) is 8.15. The Balaban J connectivity index is 2.26. The molecule has 1 saturated heterocycles. The first-order valence-electron chi connectivity index (χ1n) is 9.92. The number of halogens is 5. The molecule has 0 saturated carbocycles. The van der Waals surface area contributed by atoms with Crippen LogP contribution in [-0.4, -0.2) is 29.0 Å². The number of aromatic amines is 1. The Hall–Kier alpha value is -2.46. The number of methoxy groups -OCH3 is 1. The van der Waals surface area contributed by atoms with Crippen LogP contribution >= 0.6 is 0 Å². The lowest BCUT2D eigenvalue weighted by molar-refractivity contribution is -0.275. The van der Waals surface area contributed by atoms with Gasteiger partial charge >= 0.3 is 6.18 Å². The first-order chi connectivity index (χ1) is 14.7. The van der Waals surface area contributed by atoms with Crippen LogP contribution in [0.5, 0.6) is 5.75 Å². The smallest absolute Gasteiger partial charge is 0.417 e. The molecule has 32 heavy (non-hydrogen) atoms. The molecule has 1 unspecified atom stereocenters. The average molecular weight is 461 g/mol. The van der Waals surface area contributed by atoms with E-state index >= 15 is 0 Å². The number of ether oxygens (including phenoxy) is 2. The third-order valence-corrected chi connectivity index (χ3v) is 6.32. The van der Waals surface area contributed by atoms with E-state index in [1.807, 2.05) is 0 Å². The van der Waals surface area contributed by atoms with Crippen LogP contribution in [0.4, 0.5) is 22.0 Å². The van der Waals surface area contributed by atoms with E-state index in [4.69, 9.17) is 9.47 Å². The zero-order valence-electron chi connectivity index (χ0n) is 18.1. The van der Waals surface area contributed by atoms with Gasteiger partial charge in [-0.25, -0.2) is 4.39 Å².